The van der Waals surface area contributed by atoms with Gasteiger partial charge in [0.15, 0.2) is 0 Å². The molecule has 3 rings (SSSR count). The Morgan fingerprint density at radius 3 is 2.38 bits per heavy atom. The van der Waals surface area contributed by atoms with E-state index in [2.05, 4.69) is 15.3 Å². The van der Waals surface area contributed by atoms with Gasteiger partial charge in [-0.05, 0) is 47.5 Å². The van der Waals surface area contributed by atoms with Crippen LogP contribution in [0.1, 0.15) is 11.1 Å². The molecular formula is C19H16Cl2N4O. The van der Waals surface area contributed by atoms with Crippen LogP contribution < -0.4 is 5.32 Å². The van der Waals surface area contributed by atoms with Crippen LogP contribution >= 0.6 is 23.2 Å². The van der Waals surface area contributed by atoms with Crippen LogP contribution in [0.15, 0.2) is 67.3 Å². The van der Waals surface area contributed by atoms with Crippen molar-refractivity contribution in [1.82, 2.24) is 14.9 Å². The van der Waals surface area contributed by atoms with Gasteiger partial charge in [-0.2, -0.15) is 0 Å². The minimum absolute atomic E-state index is 0.246. The Morgan fingerprint density at radius 1 is 0.923 bits per heavy atom. The molecule has 26 heavy (non-hydrogen) atoms. The number of nitrogens with one attached hydrogen (secondary N) is 1. The first kappa shape index (κ1) is 18.2. The molecular weight excluding hydrogens is 371 g/mol. The Bertz CT molecular complexity index is 834. The molecule has 0 spiro atoms. The molecule has 0 aliphatic carbocycles. The second-order valence-electron chi connectivity index (χ2n) is 5.63. The van der Waals surface area contributed by atoms with Crippen molar-refractivity contribution in [2.75, 3.05) is 5.32 Å². The zero-order valence-electron chi connectivity index (χ0n) is 13.8. The van der Waals surface area contributed by atoms with Crippen LogP contribution in [0.3, 0.4) is 0 Å². The van der Waals surface area contributed by atoms with Crippen molar-refractivity contribution in [3.8, 4) is 0 Å². The largest absolute Gasteiger partial charge is 0.322 e. The summed E-state index contributed by atoms with van der Waals surface area (Å²) in [6.07, 6.45) is 6.85. The van der Waals surface area contributed by atoms with E-state index in [-0.39, 0.29) is 6.03 Å². The molecule has 0 aliphatic rings. The van der Waals surface area contributed by atoms with E-state index in [0.717, 1.165) is 11.1 Å². The van der Waals surface area contributed by atoms with Gasteiger partial charge in [0, 0.05) is 43.6 Å². The van der Waals surface area contributed by atoms with E-state index in [0.29, 0.717) is 28.8 Å². The van der Waals surface area contributed by atoms with Gasteiger partial charge in [-0.3, -0.25) is 9.97 Å². The van der Waals surface area contributed by atoms with Crippen molar-refractivity contribution in [2.24, 2.45) is 0 Å². The maximum atomic E-state index is 12.8. The maximum Gasteiger partial charge on any atom is 0.322 e. The van der Waals surface area contributed by atoms with Gasteiger partial charge in [0.1, 0.15) is 0 Å². The molecule has 0 bridgehead atoms. The molecule has 2 aromatic heterocycles. The third-order valence-corrected chi connectivity index (χ3v) is 4.42. The molecule has 5 nitrogen and oxygen atoms in total. The van der Waals surface area contributed by atoms with Crippen LogP contribution in [0.4, 0.5) is 10.5 Å². The first-order valence-electron chi connectivity index (χ1n) is 7.90. The highest BCUT2D eigenvalue weighted by atomic mass is 35.5. The smallest absolute Gasteiger partial charge is 0.316 e. The lowest BCUT2D eigenvalue weighted by Crippen LogP contribution is -2.34. The molecule has 1 N–H and O–H groups in total. The Hall–Kier alpha value is -2.63. The number of carbonyl (C=O) groups excluding carboxylic acids is 1. The van der Waals surface area contributed by atoms with E-state index in [9.17, 15) is 4.79 Å². The van der Waals surface area contributed by atoms with Gasteiger partial charge >= 0.3 is 6.03 Å². The standard InChI is InChI=1S/C19H16Cl2N4O/c20-17-4-3-16(10-18(17)21)24-19(26)25(12-14-5-8-22-9-6-14)13-15-2-1-7-23-11-15/h1-11H,12-13H2,(H,24,26). The first-order chi connectivity index (χ1) is 12.6. The lowest BCUT2D eigenvalue weighted by atomic mass is 10.2. The summed E-state index contributed by atoms with van der Waals surface area (Å²) in [5.74, 6) is 0. The van der Waals surface area contributed by atoms with Gasteiger partial charge in [0.25, 0.3) is 0 Å². The SMILES string of the molecule is O=C(Nc1ccc(Cl)c(Cl)c1)N(Cc1ccncc1)Cc1cccnc1. The third kappa shape index (κ3) is 4.94. The summed E-state index contributed by atoms with van der Waals surface area (Å²) in [7, 11) is 0. The van der Waals surface area contributed by atoms with Gasteiger partial charge in [0.05, 0.1) is 10.0 Å². The number of hydrogen-bond donors (Lipinski definition) is 1. The van der Waals surface area contributed by atoms with Gasteiger partial charge < -0.3 is 10.2 Å². The Morgan fingerprint density at radius 2 is 1.69 bits per heavy atom. The summed E-state index contributed by atoms with van der Waals surface area (Å²) in [5, 5.41) is 3.68. The monoisotopic (exact) mass is 386 g/mol. The number of pyridine rings is 2. The average Bonchev–Trinajstić information content (AvgIpc) is 2.66. The molecule has 1 aromatic carbocycles. The van der Waals surface area contributed by atoms with Crippen molar-refractivity contribution in [3.05, 3.63) is 88.4 Å². The molecule has 132 valence electrons. The number of rotatable bonds is 5. The van der Waals surface area contributed by atoms with E-state index < -0.39 is 0 Å². The van der Waals surface area contributed by atoms with Crippen LogP contribution in [0.25, 0.3) is 0 Å². The van der Waals surface area contributed by atoms with Crippen LogP contribution in [-0.2, 0) is 13.1 Å². The van der Waals surface area contributed by atoms with E-state index in [1.165, 1.54) is 0 Å². The third-order valence-electron chi connectivity index (χ3n) is 3.68. The molecule has 0 aliphatic heterocycles. The number of nitrogens with zero attached hydrogens (tertiary/aromatic N) is 3. The van der Waals surface area contributed by atoms with Crippen molar-refractivity contribution < 1.29 is 4.79 Å². The highest BCUT2D eigenvalue weighted by molar-refractivity contribution is 6.42. The zero-order valence-corrected chi connectivity index (χ0v) is 15.3. The van der Waals surface area contributed by atoms with Gasteiger partial charge in [0.2, 0.25) is 0 Å². The number of anilines is 1. The van der Waals surface area contributed by atoms with Crippen molar-refractivity contribution in [2.45, 2.75) is 13.1 Å². The predicted octanol–water partition coefficient (Wildman–Crippen LogP) is 5.02. The maximum absolute atomic E-state index is 12.8. The van der Waals surface area contributed by atoms with Crippen molar-refractivity contribution in [1.29, 1.82) is 0 Å². The van der Waals surface area contributed by atoms with Crippen molar-refractivity contribution >= 4 is 34.9 Å². The number of carbonyl (C=O) groups is 1. The number of hydrogen-bond acceptors (Lipinski definition) is 3. The molecule has 3 aromatic rings. The molecule has 2 heterocycles. The summed E-state index contributed by atoms with van der Waals surface area (Å²) in [5.41, 5.74) is 2.49. The molecule has 0 atom stereocenters. The van der Waals surface area contributed by atoms with Crippen LogP contribution in [0.2, 0.25) is 10.0 Å². The molecule has 0 unspecified atom stereocenters. The molecule has 0 radical (unpaired) electrons. The van der Waals surface area contributed by atoms with Gasteiger partial charge in [-0.1, -0.05) is 29.3 Å². The summed E-state index contributed by atoms with van der Waals surface area (Å²) >= 11 is 12.0. The number of benzene rings is 1. The number of urea groups is 1. The van der Waals surface area contributed by atoms with E-state index in [1.54, 1.807) is 47.9 Å². The van der Waals surface area contributed by atoms with Crippen LogP contribution in [-0.4, -0.2) is 20.9 Å². The highest BCUT2D eigenvalue weighted by Gasteiger charge is 2.15. The Labute approximate surface area is 161 Å². The highest BCUT2D eigenvalue weighted by Crippen LogP contribution is 2.25. The molecule has 0 fully saturated rings. The molecule has 0 saturated heterocycles. The topological polar surface area (TPSA) is 58.1 Å². The fourth-order valence-corrected chi connectivity index (χ4v) is 2.69. The molecule has 2 amide bonds. The summed E-state index contributed by atoms with van der Waals surface area (Å²) in [4.78, 5) is 22.6. The quantitative estimate of drug-likeness (QED) is 0.669. The second kappa shape index (κ2) is 8.65. The first-order valence-corrected chi connectivity index (χ1v) is 8.66. The lowest BCUT2D eigenvalue weighted by molar-refractivity contribution is 0.206. The van der Waals surface area contributed by atoms with Crippen LogP contribution in [0, 0.1) is 0 Å². The lowest BCUT2D eigenvalue weighted by Gasteiger charge is -2.23. The van der Waals surface area contributed by atoms with E-state index in [1.807, 2.05) is 24.3 Å². The van der Waals surface area contributed by atoms with E-state index in [4.69, 9.17) is 23.2 Å². The normalized spacial score (nSPS) is 10.4. The minimum atomic E-state index is -0.246. The fourth-order valence-electron chi connectivity index (χ4n) is 2.40. The second-order valence-corrected chi connectivity index (χ2v) is 6.45. The van der Waals surface area contributed by atoms with Gasteiger partial charge in [-0.25, -0.2) is 4.79 Å². The number of aromatic nitrogens is 2. The number of amides is 2. The van der Waals surface area contributed by atoms with Crippen molar-refractivity contribution in [3.63, 3.8) is 0 Å². The predicted molar refractivity (Wildman–Crippen MR) is 103 cm³/mol. The van der Waals surface area contributed by atoms with Gasteiger partial charge in [-0.15, -0.1) is 0 Å². The van der Waals surface area contributed by atoms with E-state index >= 15 is 0 Å². The summed E-state index contributed by atoms with van der Waals surface area (Å²) in [6.45, 7) is 0.855. The zero-order chi connectivity index (χ0) is 18.4. The summed E-state index contributed by atoms with van der Waals surface area (Å²) in [6, 6.07) is 12.3. The minimum Gasteiger partial charge on any atom is -0.316 e. The average molecular weight is 387 g/mol. The fraction of sp³-hybridized carbons (Fsp3) is 0.105. The molecule has 0 saturated carbocycles. The van der Waals surface area contributed by atoms with Crippen LogP contribution in [0.5, 0.6) is 0 Å². The summed E-state index contributed by atoms with van der Waals surface area (Å²) < 4.78 is 0. The number of halogens is 2. The Balaban J connectivity index is 1.78. The Kier molecular flexibility index (Phi) is 6.04. The molecule has 7 heteroatoms.